The Morgan fingerprint density at radius 3 is 2.78 bits per heavy atom. The van der Waals surface area contributed by atoms with Gasteiger partial charge in [0, 0.05) is 11.8 Å². The highest BCUT2D eigenvalue weighted by atomic mass is 16.3. The summed E-state index contributed by atoms with van der Waals surface area (Å²) in [5.74, 6) is 4.97. The van der Waals surface area contributed by atoms with E-state index in [1.165, 1.54) is 18.4 Å². The average Bonchev–Trinajstić information content (AvgIpc) is 2.84. The molecule has 0 bridgehead atoms. The molecule has 4 aliphatic carbocycles. The van der Waals surface area contributed by atoms with E-state index in [2.05, 4.69) is 18.9 Å². The Morgan fingerprint density at radius 2 is 2.00 bits per heavy atom. The van der Waals surface area contributed by atoms with Crippen molar-refractivity contribution < 1.29 is 10.2 Å². The lowest BCUT2D eigenvalue weighted by atomic mass is 9.46. The Morgan fingerprint density at radius 1 is 1.17 bits per heavy atom. The van der Waals surface area contributed by atoms with Crippen molar-refractivity contribution in [2.75, 3.05) is 0 Å². The van der Waals surface area contributed by atoms with E-state index >= 15 is 0 Å². The van der Waals surface area contributed by atoms with E-state index < -0.39 is 0 Å². The molecule has 2 unspecified atom stereocenters. The molecule has 2 nitrogen and oxygen atoms in total. The number of hydrogen-bond acceptors (Lipinski definition) is 2. The van der Waals surface area contributed by atoms with Crippen LogP contribution in [-0.2, 0) is 0 Å². The molecule has 126 valence electrons. The van der Waals surface area contributed by atoms with Gasteiger partial charge in [0.2, 0.25) is 0 Å². The van der Waals surface area contributed by atoms with Gasteiger partial charge < -0.3 is 10.2 Å². The van der Waals surface area contributed by atoms with Gasteiger partial charge in [-0.25, -0.2) is 0 Å². The molecule has 4 aliphatic rings. The quantitative estimate of drug-likeness (QED) is 0.572. The summed E-state index contributed by atoms with van der Waals surface area (Å²) in [5.41, 5.74) is 1.72. The highest BCUT2D eigenvalue weighted by Crippen LogP contribution is 2.65. The summed E-state index contributed by atoms with van der Waals surface area (Å²) < 4.78 is 0. The smallest absolute Gasteiger partial charge is 0.0596 e. The van der Waals surface area contributed by atoms with Crippen LogP contribution in [-0.4, -0.2) is 22.4 Å². The van der Waals surface area contributed by atoms with Crippen LogP contribution in [0.1, 0.15) is 64.7 Å². The molecule has 0 spiro atoms. The van der Waals surface area contributed by atoms with Gasteiger partial charge in [-0.2, -0.15) is 0 Å². The zero-order chi connectivity index (χ0) is 16.2. The summed E-state index contributed by atoms with van der Waals surface area (Å²) in [4.78, 5) is 0. The number of terminal acetylenes is 1. The second-order valence-electron chi connectivity index (χ2n) is 8.91. The molecule has 0 aromatic heterocycles. The molecular weight excluding hydrogens is 284 g/mol. The Hall–Kier alpha value is -0.780. The molecule has 0 aliphatic heterocycles. The Balaban J connectivity index is 1.72. The van der Waals surface area contributed by atoms with E-state index in [1.807, 2.05) is 0 Å². The van der Waals surface area contributed by atoms with E-state index in [1.54, 1.807) is 0 Å². The maximum absolute atomic E-state index is 10.5. The van der Waals surface area contributed by atoms with Gasteiger partial charge in [0.25, 0.3) is 0 Å². The van der Waals surface area contributed by atoms with Crippen LogP contribution in [0, 0.1) is 40.9 Å². The van der Waals surface area contributed by atoms with Gasteiger partial charge in [0.1, 0.15) is 0 Å². The van der Waals surface area contributed by atoms with Gasteiger partial charge in [0.05, 0.1) is 12.2 Å². The summed E-state index contributed by atoms with van der Waals surface area (Å²) in [6, 6.07) is 0. The lowest BCUT2D eigenvalue weighted by molar-refractivity contribution is -0.0746. The number of allylic oxidation sites excluding steroid dienone is 1. The fraction of sp³-hybridized carbons (Fsp3) is 0.810. The van der Waals surface area contributed by atoms with E-state index in [9.17, 15) is 10.2 Å². The normalized spacial score (nSPS) is 51.9. The maximum atomic E-state index is 10.5. The first kappa shape index (κ1) is 15.7. The lowest BCUT2D eigenvalue weighted by Gasteiger charge is -2.58. The van der Waals surface area contributed by atoms with Crippen LogP contribution in [0.3, 0.4) is 0 Å². The highest BCUT2D eigenvalue weighted by Gasteiger charge is 2.59. The van der Waals surface area contributed by atoms with Crippen LogP contribution in [0.25, 0.3) is 0 Å². The van der Waals surface area contributed by atoms with Crippen molar-refractivity contribution >= 4 is 0 Å². The third-order valence-corrected chi connectivity index (χ3v) is 8.17. The summed E-state index contributed by atoms with van der Waals surface area (Å²) in [5, 5.41) is 20.7. The standard InChI is InChI=1S/C21H30O2/c1-3-10-21-12-8-15(22)13-14(21)4-5-16-17-6-7-19(23)20(17,2)11-9-18(16)21/h1,4,15-19,22-23H,5-13H2,2H3/t15?,16-,17-,18+,19?,20-,21-/m0/s1. The molecule has 0 amide bonds. The molecule has 2 heteroatoms. The minimum atomic E-state index is -0.175. The number of aliphatic hydroxyl groups is 2. The van der Waals surface area contributed by atoms with Crippen molar-refractivity contribution in [3.05, 3.63) is 11.6 Å². The van der Waals surface area contributed by atoms with Gasteiger partial charge in [-0.1, -0.05) is 18.6 Å². The molecule has 7 atom stereocenters. The van der Waals surface area contributed by atoms with Gasteiger partial charge in [-0.15, -0.1) is 12.3 Å². The zero-order valence-corrected chi connectivity index (χ0v) is 14.3. The second kappa shape index (κ2) is 5.36. The lowest BCUT2D eigenvalue weighted by Crippen LogP contribution is -2.52. The van der Waals surface area contributed by atoms with E-state index in [0.29, 0.717) is 17.8 Å². The van der Waals surface area contributed by atoms with Gasteiger partial charge >= 0.3 is 0 Å². The molecule has 0 heterocycles. The van der Waals surface area contributed by atoms with Crippen LogP contribution in [0.5, 0.6) is 0 Å². The van der Waals surface area contributed by atoms with Crippen LogP contribution in [0.2, 0.25) is 0 Å². The molecule has 0 aromatic rings. The molecule has 2 N–H and O–H groups in total. The minimum Gasteiger partial charge on any atom is -0.393 e. The third-order valence-electron chi connectivity index (χ3n) is 8.17. The third kappa shape index (κ3) is 2.09. The fourth-order valence-corrected chi connectivity index (χ4v) is 6.92. The van der Waals surface area contributed by atoms with Crippen LogP contribution >= 0.6 is 0 Å². The van der Waals surface area contributed by atoms with Crippen LogP contribution < -0.4 is 0 Å². The number of fused-ring (bicyclic) bond motifs is 5. The number of aliphatic hydroxyl groups excluding tert-OH is 2. The first-order chi connectivity index (χ1) is 11.0. The minimum absolute atomic E-state index is 0.115. The van der Waals surface area contributed by atoms with Gasteiger partial charge in [-0.05, 0) is 74.5 Å². The summed E-state index contributed by atoms with van der Waals surface area (Å²) in [7, 11) is 0. The van der Waals surface area contributed by atoms with Crippen molar-refractivity contribution in [1.82, 2.24) is 0 Å². The molecule has 4 rings (SSSR count). The fourth-order valence-electron chi connectivity index (χ4n) is 6.92. The monoisotopic (exact) mass is 314 g/mol. The van der Waals surface area contributed by atoms with Crippen molar-refractivity contribution in [2.24, 2.45) is 28.6 Å². The van der Waals surface area contributed by atoms with Gasteiger partial charge in [0.15, 0.2) is 0 Å². The first-order valence-corrected chi connectivity index (χ1v) is 9.50. The average molecular weight is 314 g/mol. The summed E-state index contributed by atoms with van der Waals surface area (Å²) >= 11 is 0. The number of rotatable bonds is 1. The Kier molecular flexibility index (Phi) is 3.67. The van der Waals surface area contributed by atoms with Crippen molar-refractivity contribution in [3.8, 4) is 12.3 Å². The summed E-state index contributed by atoms with van der Waals surface area (Å²) in [6.07, 6.45) is 17.2. The molecule has 23 heavy (non-hydrogen) atoms. The van der Waals surface area contributed by atoms with Crippen LogP contribution in [0.15, 0.2) is 11.6 Å². The molecule has 0 aromatic carbocycles. The first-order valence-electron chi connectivity index (χ1n) is 9.50. The second-order valence-corrected chi connectivity index (χ2v) is 8.91. The zero-order valence-electron chi connectivity index (χ0n) is 14.3. The predicted molar refractivity (Wildman–Crippen MR) is 91.5 cm³/mol. The Bertz CT molecular complexity index is 559. The van der Waals surface area contributed by atoms with Crippen molar-refractivity contribution in [1.29, 1.82) is 0 Å². The molecular formula is C21H30O2. The summed E-state index contributed by atoms with van der Waals surface area (Å²) in [6.45, 7) is 2.32. The van der Waals surface area contributed by atoms with E-state index in [0.717, 1.165) is 44.9 Å². The molecule has 3 fully saturated rings. The number of hydrogen-bond donors (Lipinski definition) is 2. The molecule has 0 saturated heterocycles. The van der Waals surface area contributed by atoms with Gasteiger partial charge in [-0.3, -0.25) is 0 Å². The highest BCUT2D eigenvalue weighted by molar-refractivity contribution is 5.28. The van der Waals surface area contributed by atoms with E-state index in [-0.39, 0.29) is 23.0 Å². The Labute approximate surface area is 140 Å². The van der Waals surface area contributed by atoms with Crippen molar-refractivity contribution in [2.45, 2.75) is 76.9 Å². The predicted octanol–water partition coefficient (Wildman–Crippen LogP) is 3.67. The molecule has 0 radical (unpaired) electrons. The SMILES string of the molecule is C#CC[C@]12CCC(O)CC1=CC[C@@H]1[C@H]2CC[C@]2(C)C(O)CC[C@@H]12. The molecule has 3 saturated carbocycles. The maximum Gasteiger partial charge on any atom is 0.0596 e. The topological polar surface area (TPSA) is 40.5 Å². The van der Waals surface area contributed by atoms with Crippen molar-refractivity contribution in [3.63, 3.8) is 0 Å². The largest absolute Gasteiger partial charge is 0.393 e. The van der Waals surface area contributed by atoms with E-state index in [4.69, 9.17) is 6.42 Å². The van der Waals surface area contributed by atoms with Crippen LogP contribution in [0.4, 0.5) is 0 Å².